The van der Waals surface area contributed by atoms with Crippen LogP contribution < -0.4 is 11.1 Å². The molecule has 3 aliphatic heterocycles. The third-order valence-electron chi connectivity index (χ3n) is 5.59. The number of aliphatic hydroxyl groups excluding tert-OH is 1. The Balaban J connectivity index is 1.53. The average Bonchev–Trinajstić information content (AvgIpc) is 3.27. The summed E-state index contributed by atoms with van der Waals surface area (Å²) in [6.07, 6.45) is 0.0309. The quantitative estimate of drug-likeness (QED) is 0.530. The van der Waals surface area contributed by atoms with Gasteiger partial charge in [0.05, 0.1) is 29.8 Å². The number of nitrogens with zero attached hydrogens (tertiary/aromatic N) is 2. The number of amides is 1. The highest BCUT2D eigenvalue weighted by Gasteiger charge is 2.60. The highest BCUT2D eigenvalue weighted by molar-refractivity contribution is 8.03. The number of fused-ring (bicyclic) bond motifs is 1. The molecule has 0 spiro atoms. The van der Waals surface area contributed by atoms with E-state index in [-0.39, 0.29) is 34.9 Å². The molecule has 1 aromatic rings. The van der Waals surface area contributed by atoms with Crippen molar-refractivity contribution in [3.8, 4) is 0 Å². The van der Waals surface area contributed by atoms with Gasteiger partial charge in [-0.05, 0) is 13.3 Å². The Hall–Kier alpha value is -1.62. The zero-order chi connectivity index (χ0) is 19.5. The number of nitrogens with two attached hydrogens (primary N) is 1. The molecule has 0 radical (unpaired) electrons. The number of thioether (sulfide) groups is 1. The normalized spacial score (nSPS) is 34.0. The van der Waals surface area contributed by atoms with Gasteiger partial charge in [0, 0.05) is 28.0 Å². The Labute approximate surface area is 164 Å². The van der Waals surface area contributed by atoms with Crippen LogP contribution in [0.25, 0.3) is 0 Å². The zero-order valence-corrected chi connectivity index (χ0v) is 16.6. The zero-order valence-electron chi connectivity index (χ0n) is 15.0. The van der Waals surface area contributed by atoms with E-state index in [0.717, 1.165) is 23.6 Å². The summed E-state index contributed by atoms with van der Waals surface area (Å²) in [5, 5.41) is 25.7. The van der Waals surface area contributed by atoms with E-state index >= 15 is 0 Å². The van der Waals surface area contributed by atoms with Gasteiger partial charge >= 0.3 is 5.97 Å². The van der Waals surface area contributed by atoms with Crippen LogP contribution in [0.5, 0.6) is 0 Å². The predicted octanol–water partition coefficient (Wildman–Crippen LogP) is 1.02. The summed E-state index contributed by atoms with van der Waals surface area (Å²) < 4.78 is 0. The van der Waals surface area contributed by atoms with E-state index in [1.165, 1.54) is 28.0 Å². The molecule has 10 heteroatoms. The molecule has 6 atom stereocenters. The van der Waals surface area contributed by atoms with Crippen LogP contribution in [0.4, 0.5) is 5.13 Å². The molecule has 5 N–H and O–H groups in total. The Bertz CT molecular complexity index is 824. The van der Waals surface area contributed by atoms with Gasteiger partial charge in [0.15, 0.2) is 5.13 Å². The van der Waals surface area contributed by atoms with Gasteiger partial charge in [-0.3, -0.25) is 4.79 Å². The molecule has 146 valence electrons. The molecule has 1 amide bonds. The first-order chi connectivity index (χ1) is 12.8. The maximum Gasteiger partial charge on any atom is 0.353 e. The number of β-lactam (4-membered cyclic amide) rings is 1. The second-order valence-corrected chi connectivity index (χ2v) is 9.55. The van der Waals surface area contributed by atoms with Gasteiger partial charge in [-0.15, -0.1) is 23.1 Å². The van der Waals surface area contributed by atoms with Crippen LogP contribution in [0.3, 0.4) is 0 Å². The van der Waals surface area contributed by atoms with E-state index in [0.29, 0.717) is 5.13 Å². The van der Waals surface area contributed by atoms with Gasteiger partial charge in [-0.2, -0.15) is 0 Å². The number of anilines is 1. The molecular weight excluding hydrogens is 388 g/mol. The van der Waals surface area contributed by atoms with E-state index in [9.17, 15) is 19.8 Å². The van der Waals surface area contributed by atoms with Gasteiger partial charge in [0.1, 0.15) is 5.70 Å². The summed E-state index contributed by atoms with van der Waals surface area (Å²) >= 11 is 2.94. The van der Waals surface area contributed by atoms with Crippen LogP contribution in [0.15, 0.2) is 16.0 Å². The second-order valence-electron chi connectivity index (χ2n) is 7.32. The van der Waals surface area contributed by atoms with Crippen molar-refractivity contribution in [1.82, 2.24) is 15.2 Å². The Morgan fingerprint density at radius 3 is 2.89 bits per heavy atom. The number of nitrogens with one attached hydrogen (secondary N) is 1. The van der Waals surface area contributed by atoms with Crippen molar-refractivity contribution in [3.05, 3.63) is 21.7 Å². The summed E-state index contributed by atoms with van der Waals surface area (Å²) in [6.45, 7) is 4.26. The lowest BCUT2D eigenvalue weighted by Gasteiger charge is -2.46. The fraction of sp³-hybridized carbons (Fsp3) is 0.588. The molecule has 2 fully saturated rings. The molecule has 3 aliphatic rings. The third kappa shape index (κ3) is 2.95. The average molecular weight is 411 g/mol. The molecule has 0 bridgehead atoms. The second kappa shape index (κ2) is 6.77. The van der Waals surface area contributed by atoms with Crippen molar-refractivity contribution < 1.29 is 19.8 Å². The van der Waals surface area contributed by atoms with Crippen molar-refractivity contribution in [2.45, 2.75) is 43.7 Å². The number of carbonyl (C=O) groups excluding carboxylic acids is 1. The number of rotatable bonds is 5. The number of nitrogen functional groups attached to an aromatic ring is 1. The van der Waals surface area contributed by atoms with Crippen LogP contribution in [-0.2, 0) is 9.59 Å². The minimum atomic E-state index is -1.08. The molecule has 2 saturated heterocycles. The number of hydrogen-bond acceptors (Lipinski definition) is 8. The van der Waals surface area contributed by atoms with E-state index < -0.39 is 18.0 Å². The monoisotopic (exact) mass is 410 g/mol. The fourth-order valence-corrected chi connectivity index (χ4v) is 6.43. The number of thiazole rings is 1. The van der Waals surface area contributed by atoms with E-state index in [1.54, 1.807) is 6.92 Å². The van der Waals surface area contributed by atoms with Crippen LogP contribution >= 0.6 is 23.1 Å². The standard InChI is InChI=1S/C17H22N4O4S2/c1-6-12-11(7(2)22)15(23)21(12)13(16(24)25)14(6)27-8-3-9(19-4-8)10-5-26-17(18)20-10/h5-9,11-12,19,22H,3-4H2,1-2H3,(H2,18,20)(H,24,25)/t6-,7+,8?,9-,11+,12+/m0/s1. The molecule has 1 unspecified atom stereocenters. The number of carboxylic acid groups (broad SMARTS) is 1. The molecule has 1 aromatic heterocycles. The lowest BCUT2D eigenvalue weighted by molar-refractivity contribution is -0.163. The van der Waals surface area contributed by atoms with Crippen LogP contribution in [0.2, 0.25) is 0 Å². The van der Waals surface area contributed by atoms with Gasteiger partial charge in [-0.1, -0.05) is 6.92 Å². The highest BCUT2D eigenvalue weighted by atomic mass is 32.2. The fourth-order valence-electron chi connectivity index (χ4n) is 4.34. The van der Waals surface area contributed by atoms with Crippen molar-refractivity contribution in [1.29, 1.82) is 0 Å². The maximum atomic E-state index is 12.4. The van der Waals surface area contributed by atoms with Crippen molar-refractivity contribution in [2.24, 2.45) is 11.8 Å². The van der Waals surface area contributed by atoms with E-state index in [2.05, 4.69) is 10.3 Å². The lowest BCUT2D eigenvalue weighted by atomic mass is 9.79. The number of aliphatic carboxylic acids is 1. The van der Waals surface area contributed by atoms with Crippen molar-refractivity contribution >= 4 is 40.1 Å². The molecule has 4 rings (SSSR count). The lowest BCUT2D eigenvalue weighted by Crippen LogP contribution is -2.63. The van der Waals surface area contributed by atoms with E-state index in [4.69, 9.17) is 5.73 Å². The topological polar surface area (TPSA) is 129 Å². The van der Waals surface area contributed by atoms with Gasteiger partial charge < -0.3 is 26.2 Å². The smallest absolute Gasteiger partial charge is 0.353 e. The molecule has 4 heterocycles. The summed E-state index contributed by atoms with van der Waals surface area (Å²) in [6, 6.07) is -0.167. The number of hydrogen-bond donors (Lipinski definition) is 4. The van der Waals surface area contributed by atoms with Crippen LogP contribution in [-0.4, -0.2) is 55.9 Å². The first-order valence-corrected chi connectivity index (χ1v) is 10.6. The number of aromatic nitrogens is 1. The molecule has 0 aliphatic carbocycles. The maximum absolute atomic E-state index is 12.4. The summed E-state index contributed by atoms with van der Waals surface area (Å²) in [5.41, 5.74) is 6.72. The Morgan fingerprint density at radius 1 is 1.56 bits per heavy atom. The SMILES string of the molecule is C[C@@H]1C(SC2CN[C@H](c3csc(N)n3)C2)=C(C(=O)O)N2C(=O)[C@H]([C@@H](C)O)[C@@H]12. The van der Waals surface area contributed by atoms with Gasteiger partial charge in [0.25, 0.3) is 0 Å². The Kier molecular flexibility index (Phi) is 4.69. The first-order valence-electron chi connectivity index (χ1n) is 8.89. The van der Waals surface area contributed by atoms with Crippen molar-refractivity contribution in [3.63, 3.8) is 0 Å². The molecule has 0 aromatic carbocycles. The van der Waals surface area contributed by atoms with Gasteiger partial charge in [0.2, 0.25) is 5.91 Å². The first kappa shape index (κ1) is 18.7. The number of carbonyl (C=O) groups is 2. The minimum Gasteiger partial charge on any atom is -0.477 e. The molecule has 0 saturated carbocycles. The summed E-state index contributed by atoms with van der Waals surface area (Å²) in [5.74, 6) is -2.01. The minimum absolute atomic E-state index is 0.0840. The highest BCUT2D eigenvalue weighted by Crippen LogP contribution is 2.52. The largest absolute Gasteiger partial charge is 0.477 e. The predicted molar refractivity (Wildman–Crippen MR) is 103 cm³/mol. The summed E-state index contributed by atoms with van der Waals surface area (Å²) in [4.78, 5) is 30.7. The van der Waals surface area contributed by atoms with Crippen molar-refractivity contribution in [2.75, 3.05) is 12.3 Å². The summed E-state index contributed by atoms with van der Waals surface area (Å²) in [7, 11) is 0. The van der Waals surface area contributed by atoms with Crippen LogP contribution in [0, 0.1) is 11.8 Å². The number of carboxylic acids is 1. The van der Waals surface area contributed by atoms with E-state index in [1.807, 2.05) is 12.3 Å². The van der Waals surface area contributed by atoms with Gasteiger partial charge in [-0.25, -0.2) is 9.78 Å². The molecular formula is C17H22N4O4S2. The molecule has 8 nitrogen and oxygen atoms in total. The van der Waals surface area contributed by atoms with Crippen LogP contribution in [0.1, 0.15) is 32.0 Å². The number of aliphatic hydroxyl groups is 1. The third-order valence-corrected chi connectivity index (χ3v) is 7.80. The Morgan fingerprint density at radius 2 is 2.30 bits per heavy atom. The molecule has 27 heavy (non-hydrogen) atoms.